The maximum Gasteiger partial charge on any atom is 0.251 e. The van der Waals surface area contributed by atoms with Crippen molar-refractivity contribution < 1.29 is 9.53 Å². The van der Waals surface area contributed by atoms with Crippen LogP contribution >= 0.6 is 0 Å². The molecule has 30 heavy (non-hydrogen) atoms. The van der Waals surface area contributed by atoms with Gasteiger partial charge in [0.1, 0.15) is 12.4 Å². The van der Waals surface area contributed by atoms with Gasteiger partial charge in [0, 0.05) is 45.3 Å². The molecule has 0 spiro atoms. The van der Waals surface area contributed by atoms with Crippen molar-refractivity contribution >= 4 is 11.9 Å². The monoisotopic (exact) mass is 413 g/mol. The van der Waals surface area contributed by atoms with Gasteiger partial charge in [-0.1, -0.05) is 19.1 Å². The highest BCUT2D eigenvalue weighted by Crippen LogP contribution is 2.13. The average molecular weight is 414 g/mol. The molecular weight excluding hydrogens is 382 g/mol. The third-order valence-corrected chi connectivity index (χ3v) is 4.92. The number of aryl methyl sites for hydroxylation is 1. The molecule has 1 atom stereocenters. The standard InChI is InChI=1S/C21H31N7O2/c1-4-10-23-20(29)16-7-5-6-15(11-16)12-24-21(22-2)25-17-8-9-19-26-18(14-30-3)27-28(19)13-17/h5-7,11,17H,4,8-10,12-14H2,1-3H3,(H,23,29)(H2,22,24,25). The van der Waals surface area contributed by atoms with E-state index in [4.69, 9.17) is 4.74 Å². The number of aliphatic imine (C=N–C) groups is 1. The van der Waals surface area contributed by atoms with E-state index in [1.54, 1.807) is 14.2 Å². The van der Waals surface area contributed by atoms with Crippen molar-refractivity contribution in [3.8, 4) is 0 Å². The first-order valence-electron chi connectivity index (χ1n) is 10.4. The minimum atomic E-state index is -0.0418. The fourth-order valence-corrected chi connectivity index (χ4v) is 3.41. The Kier molecular flexibility index (Phi) is 7.78. The summed E-state index contributed by atoms with van der Waals surface area (Å²) in [7, 11) is 3.40. The van der Waals surface area contributed by atoms with Crippen molar-refractivity contribution in [3.63, 3.8) is 0 Å². The van der Waals surface area contributed by atoms with Crippen molar-refractivity contribution in [2.24, 2.45) is 4.99 Å². The van der Waals surface area contributed by atoms with Crippen LogP contribution in [-0.2, 0) is 30.9 Å². The van der Waals surface area contributed by atoms with E-state index in [2.05, 4.69) is 31.0 Å². The maximum absolute atomic E-state index is 12.2. The number of hydrogen-bond acceptors (Lipinski definition) is 5. The Morgan fingerprint density at radius 2 is 2.23 bits per heavy atom. The van der Waals surface area contributed by atoms with Gasteiger partial charge in [0.15, 0.2) is 11.8 Å². The highest BCUT2D eigenvalue weighted by atomic mass is 16.5. The molecule has 0 aliphatic carbocycles. The van der Waals surface area contributed by atoms with Gasteiger partial charge in [-0.05, 0) is 30.5 Å². The highest BCUT2D eigenvalue weighted by molar-refractivity contribution is 5.94. The summed E-state index contributed by atoms with van der Waals surface area (Å²) in [6.45, 7) is 4.46. The van der Waals surface area contributed by atoms with Crippen LogP contribution in [0.15, 0.2) is 29.3 Å². The first-order valence-corrected chi connectivity index (χ1v) is 10.4. The number of methoxy groups -OCH3 is 1. The normalized spacial score (nSPS) is 16.1. The summed E-state index contributed by atoms with van der Waals surface area (Å²) in [6.07, 6.45) is 2.74. The van der Waals surface area contributed by atoms with Crippen molar-refractivity contribution in [1.29, 1.82) is 0 Å². The van der Waals surface area contributed by atoms with E-state index >= 15 is 0 Å². The van der Waals surface area contributed by atoms with E-state index in [1.807, 2.05) is 35.9 Å². The minimum Gasteiger partial charge on any atom is -0.377 e. The van der Waals surface area contributed by atoms with Crippen LogP contribution in [0, 0.1) is 0 Å². The summed E-state index contributed by atoms with van der Waals surface area (Å²) in [5, 5.41) is 14.2. The van der Waals surface area contributed by atoms with Gasteiger partial charge in [0.2, 0.25) is 0 Å². The maximum atomic E-state index is 12.2. The van der Waals surface area contributed by atoms with Gasteiger partial charge in [0.25, 0.3) is 5.91 Å². The van der Waals surface area contributed by atoms with Crippen LogP contribution in [0.1, 0.15) is 47.3 Å². The lowest BCUT2D eigenvalue weighted by Crippen LogP contribution is -2.46. The van der Waals surface area contributed by atoms with E-state index in [1.165, 1.54) is 0 Å². The molecule has 1 aromatic heterocycles. The first kappa shape index (κ1) is 21.8. The lowest BCUT2D eigenvalue weighted by Gasteiger charge is -2.25. The summed E-state index contributed by atoms with van der Waals surface area (Å²) >= 11 is 0. The van der Waals surface area contributed by atoms with Crippen LogP contribution < -0.4 is 16.0 Å². The molecule has 1 aliphatic heterocycles. The molecule has 162 valence electrons. The minimum absolute atomic E-state index is 0.0418. The Bertz CT molecular complexity index is 878. The topological polar surface area (TPSA) is 105 Å². The van der Waals surface area contributed by atoms with E-state index in [0.717, 1.165) is 49.0 Å². The number of hydrogen-bond donors (Lipinski definition) is 3. The number of aromatic nitrogens is 3. The number of carbonyl (C=O) groups is 1. The largest absolute Gasteiger partial charge is 0.377 e. The molecule has 0 fully saturated rings. The van der Waals surface area contributed by atoms with Crippen LogP contribution in [0.3, 0.4) is 0 Å². The number of benzene rings is 1. The third-order valence-electron chi connectivity index (χ3n) is 4.92. The van der Waals surface area contributed by atoms with E-state index in [9.17, 15) is 4.79 Å². The molecule has 2 heterocycles. The molecular formula is C21H31N7O2. The predicted molar refractivity (Wildman–Crippen MR) is 115 cm³/mol. The molecule has 3 N–H and O–H groups in total. The molecule has 1 aliphatic rings. The predicted octanol–water partition coefficient (Wildman–Crippen LogP) is 1.24. The lowest BCUT2D eigenvalue weighted by molar-refractivity contribution is 0.0953. The van der Waals surface area contributed by atoms with Crippen LogP contribution in [0.2, 0.25) is 0 Å². The quantitative estimate of drug-likeness (QED) is 0.444. The smallest absolute Gasteiger partial charge is 0.251 e. The zero-order valence-corrected chi connectivity index (χ0v) is 17.9. The number of guanidine groups is 1. The highest BCUT2D eigenvalue weighted by Gasteiger charge is 2.22. The number of carbonyl (C=O) groups excluding carboxylic acids is 1. The Labute approximate surface area is 177 Å². The molecule has 1 amide bonds. The molecule has 0 bridgehead atoms. The number of amides is 1. The summed E-state index contributed by atoms with van der Waals surface area (Å²) in [5.74, 6) is 2.40. The summed E-state index contributed by atoms with van der Waals surface area (Å²) < 4.78 is 7.07. The summed E-state index contributed by atoms with van der Waals surface area (Å²) in [5.41, 5.74) is 1.69. The van der Waals surface area contributed by atoms with Crippen molar-refractivity contribution in [3.05, 3.63) is 47.0 Å². The average Bonchev–Trinajstić information content (AvgIpc) is 3.17. The molecule has 0 radical (unpaired) electrons. The van der Waals surface area contributed by atoms with Gasteiger partial charge in [-0.25, -0.2) is 9.67 Å². The molecule has 2 aromatic rings. The Morgan fingerprint density at radius 3 is 3.00 bits per heavy atom. The Hall–Kier alpha value is -2.94. The van der Waals surface area contributed by atoms with E-state index in [0.29, 0.717) is 25.3 Å². The zero-order valence-electron chi connectivity index (χ0n) is 17.9. The van der Waals surface area contributed by atoms with Gasteiger partial charge in [-0.2, -0.15) is 5.10 Å². The van der Waals surface area contributed by atoms with E-state index < -0.39 is 0 Å². The third kappa shape index (κ3) is 5.79. The van der Waals surface area contributed by atoms with Crippen molar-refractivity contribution in [2.45, 2.75) is 51.9 Å². The molecule has 3 rings (SSSR count). The molecule has 0 saturated carbocycles. The Balaban J connectivity index is 1.53. The first-order chi connectivity index (χ1) is 14.6. The van der Waals surface area contributed by atoms with Gasteiger partial charge in [-0.15, -0.1) is 0 Å². The second kappa shape index (κ2) is 10.7. The van der Waals surface area contributed by atoms with Crippen LogP contribution in [0.25, 0.3) is 0 Å². The molecule has 9 heteroatoms. The number of nitrogens with one attached hydrogen (secondary N) is 3. The molecule has 1 aromatic carbocycles. The Morgan fingerprint density at radius 1 is 1.37 bits per heavy atom. The van der Waals surface area contributed by atoms with Crippen molar-refractivity contribution in [2.75, 3.05) is 20.7 Å². The SMILES string of the molecule is CCCNC(=O)c1cccc(CNC(=NC)NC2CCc3nc(COC)nn3C2)c1. The second-order valence-electron chi connectivity index (χ2n) is 7.32. The van der Waals surface area contributed by atoms with Gasteiger partial charge >= 0.3 is 0 Å². The fraction of sp³-hybridized carbons (Fsp3) is 0.524. The molecule has 0 saturated heterocycles. The summed E-state index contributed by atoms with van der Waals surface area (Å²) in [6, 6.07) is 7.85. The number of ether oxygens (including phenoxy) is 1. The van der Waals surface area contributed by atoms with Gasteiger partial charge in [0.05, 0.1) is 6.54 Å². The van der Waals surface area contributed by atoms with Gasteiger partial charge < -0.3 is 20.7 Å². The van der Waals surface area contributed by atoms with E-state index in [-0.39, 0.29) is 11.9 Å². The molecule has 1 unspecified atom stereocenters. The molecule has 9 nitrogen and oxygen atoms in total. The zero-order chi connectivity index (χ0) is 21.3. The number of fused-ring (bicyclic) bond motifs is 1. The lowest BCUT2D eigenvalue weighted by atomic mass is 10.1. The number of nitrogens with zero attached hydrogens (tertiary/aromatic N) is 4. The van der Waals surface area contributed by atoms with Crippen LogP contribution in [0.4, 0.5) is 0 Å². The van der Waals surface area contributed by atoms with Crippen LogP contribution in [0.5, 0.6) is 0 Å². The van der Waals surface area contributed by atoms with Crippen molar-refractivity contribution in [1.82, 2.24) is 30.7 Å². The summed E-state index contributed by atoms with van der Waals surface area (Å²) in [4.78, 5) is 21.0. The number of rotatable bonds is 8. The van der Waals surface area contributed by atoms with Crippen LogP contribution in [-0.4, -0.2) is 53.4 Å². The van der Waals surface area contributed by atoms with Gasteiger partial charge in [-0.3, -0.25) is 9.79 Å². The second-order valence-corrected chi connectivity index (χ2v) is 7.32. The fourth-order valence-electron chi connectivity index (χ4n) is 3.41.